The van der Waals surface area contributed by atoms with Crippen molar-refractivity contribution < 1.29 is 0 Å². The highest BCUT2D eigenvalue weighted by Crippen LogP contribution is 2.17. The first-order valence-corrected chi connectivity index (χ1v) is 4.38. The lowest BCUT2D eigenvalue weighted by atomic mass is 10.2. The fourth-order valence-electron chi connectivity index (χ4n) is 1.23. The van der Waals surface area contributed by atoms with Crippen LogP contribution in [0.4, 0.5) is 0 Å². The summed E-state index contributed by atoms with van der Waals surface area (Å²) < 4.78 is 0.642. The lowest BCUT2D eigenvalue weighted by Crippen LogP contribution is -1.91. The topological polar surface area (TPSA) is 44.5 Å². The third-order valence-electron chi connectivity index (χ3n) is 1.95. The third kappa shape index (κ3) is 1.40. The number of hydrogen-bond donors (Lipinski definition) is 2. The van der Waals surface area contributed by atoms with E-state index in [1.807, 2.05) is 25.3 Å². The Balaban J connectivity index is 2.66. The first-order chi connectivity index (χ1) is 6.29. The summed E-state index contributed by atoms with van der Waals surface area (Å²) in [7, 11) is 0. The summed E-state index contributed by atoms with van der Waals surface area (Å²) in [6, 6.07) is 3.94. The van der Waals surface area contributed by atoms with Crippen LogP contribution in [0.15, 0.2) is 24.7 Å². The van der Waals surface area contributed by atoms with Crippen molar-refractivity contribution in [2.24, 2.45) is 0 Å². The van der Waals surface area contributed by atoms with Gasteiger partial charge in [0.05, 0.1) is 17.7 Å². The van der Waals surface area contributed by atoms with Gasteiger partial charge in [-0.05, 0) is 19.1 Å². The zero-order valence-electron chi connectivity index (χ0n) is 7.16. The van der Waals surface area contributed by atoms with Crippen LogP contribution in [-0.2, 0) is 0 Å². The summed E-state index contributed by atoms with van der Waals surface area (Å²) >= 11 is 5.07. The lowest BCUT2D eigenvalue weighted by molar-refractivity contribution is 1.11. The van der Waals surface area contributed by atoms with E-state index in [9.17, 15) is 0 Å². The smallest absolute Gasteiger partial charge is 0.132 e. The van der Waals surface area contributed by atoms with Crippen molar-refractivity contribution in [1.82, 2.24) is 15.0 Å². The minimum Gasteiger partial charge on any atom is -0.360 e. The molecule has 0 amide bonds. The summed E-state index contributed by atoms with van der Waals surface area (Å²) in [5, 5.41) is 0. The van der Waals surface area contributed by atoms with E-state index in [-0.39, 0.29) is 0 Å². The first kappa shape index (κ1) is 8.19. The van der Waals surface area contributed by atoms with E-state index in [4.69, 9.17) is 12.2 Å². The Bertz CT molecular complexity index is 456. The highest BCUT2D eigenvalue weighted by atomic mass is 32.1. The SMILES string of the molecule is Cc1c(-c2ccc[nH]2)[nH]cnc1=S. The second kappa shape index (κ2) is 3.14. The molecule has 0 fully saturated rings. The molecule has 0 radical (unpaired) electrons. The predicted molar refractivity (Wildman–Crippen MR) is 53.9 cm³/mol. The summed E-state index contributed by atoms with van der Waals surface area (Å²) in [6.45, 7) is 1.96. The molecule has 0 bridgehead atoms. The van der Waals surface area contributed by atoms with E-state index < -0.39 is 0 Å². The van der Waals surface area contributed by atoms with E-state index in [2.05, 4.69) is 15.0 Å². The van der Waals surface area contributed by atoms with Crippen LogP contribution >= 0.6 is 12.2 Å². The highest BCUT2D eigenvalue weighted by Gasteiger charge is 2.02. The number of aromatic amines is 2. The zero-order chi connectivity index (χ0) is 9.26. The van der Waals surface area contributed by atoms with Crippen LogP contribution in [0.5, 0.6) is 0 Å². The lowest BCUT2D eigenvalue weighted by Gasteiger charge is -2.01. The number of hydrogen-bond acceptors (Lipinski definition) is 2. The molecule has 2 N–H and O–H groups in total. The van der Waals surface area contributed by atoms with Gasteiger partial charge in [-0.25, -0.2) is 4.98 Å². The molecule has 3 nitrogen and oxygen atoms in total. The van der Waals surface area contributed by atoms with Gasteiger partial charge in [-0.3, -0.25) is 0 Å². The number of nitrogens with zero attached hydrogens (tertiary/aromatic N) is 1. The second-order valence-corrected chi connectivity index (χ2v) is 3.18. The molecule has 0 saturated carbocycles. The molecule has 0 saturated heterocycles. The van der Waals surface area contributed by atoms with Gasteiger partial charge in [0.25, 0.3) is 0 Å². The van der Waals surface area contributed by atoms with Gasteiger partial charge >= 0.3 is 0 Å². The fraction of sp³-hybridized carbons (Fsp3) is 0.111. The predicted octanol–water partition coefficient (Wildman–Crippen LogP) is 2.44. The molecule has 2 rings (SSSR count). The van der Waals surface area contributed by atoms with Gasteiger partial charge in [0, 0.05) is 11.8 Å². The number of aromatic nitrogens is 3. The number of H-pyrrole nitrogens is 2. The summed E-state index contributed by atoms with van der Waals surface area (Å²) in [4.78, 5) is 10.2. The average Bonchev–Trinajstić information content (AvgIpc) is 2.62. The highest BCUT2D eigenvalue weighted by molar-refractivity contribution is 7.71. The van der Waals surface area contributed by atoms with Crippen molar-refractivity contribution in [2.75, 3.05) is 0 Å². The van der Waals surface area contributed by atoms with Crippen LogP contribution in [0.2, 0.25) is 0 Å². The Morgan fingerprint density at radius 1 is 1.38 bits per heavy atom. The van der Waals surface area contributed by atoms with Crippen LogP contribution in [0.3, 0.4) is 0 Å². The maximum Gasteiger partial charge on any atom is 0.132 e. The van der Waals surface area contributed by atoms with E-state index >= 15 is 0 Å². The fourth-order valence-corrected chi connectivity index (χ4v) is 1.39. The van der Waals surface area contributed by atoms with E-state index in [0.717, 1.165) is 17.0 Å². The molecule has 0 aromatic carbocycles. The Hall–Kier alpha value is -1.42. The van der Waals surface area contributed by atoms with Crippen molar-refractivity contribution in [1.29, 1.82) is 0 Å². The maximum absolute atomic E-state index is 5.07. The minimum atomic E-state index is 0.642. The minimum absolute atomic E-state index is 0.642. The molecule has 0 aliphatic rings. The van der Waals surface area contributed by atoms with Crippen molar-refractivity contribution in [3.05, 3.63) is 34.9 Å². The molecule has 4 heteroatoms. The Morgan fingerprint density at radius 3 is 2.92 bits per heavy atom. The van der Waals surface area contributed by atoms with Crippen LogP contribution in [0, 0.1) is 11.6 Å². The van der Waals surface area contributed by atoms with Crippen LogP contribution in [0.1, 0.15) is 5.56 Å². The molecule has 0 atom stereocenters. The summed E-state index contributed by atoms with van der Waals surface area (Å²) in [6.07, 6.45) is 3.50. The van der Waals surface area contributed by atoms with Gasteiger partial charge in [0.15, 0.2) is 0 Å². The van der Waals surface area contributed by atoms with Gasteiger partial charge in [0.1, 0.15) is 4.64 Å². The second-order valence-electron chi connectivity index (χ2n) is 2.79. The molecule has 2 aromatic heterocycles. The molecule has 0 unspecified atom stereocenters. The van der Waals surface area contributed by atoms with Crippen molar-refractivity contribution in [3.63, 3.8) is 0 Å². The van der Waals surface area contributed by atoms with Crippen molar-refractivity contribution in [2.45, 2.75) is 6.92 Å². The molecule has 2 heterocycles. The third-order valence-corrected chi connectivity index (χ3v) is 2.37. The van der Waals surface area contributed by atoms with Crippen molar-refractivity contribution >= 4 is 12.2 Å². The van der Waals surface area contributed by atoms with E-state index in [1.165, 1.54) is 0 Å². The van der Waals surface area contributed by atoms with Gasteiger partial charge in [-0.1, -0.05) is 12.2 Å². The van der Waals surface area contributed by atoms with Crippen LogP contribution < -0.4 is 0 Å². The Kier molecular flexibility index (Phi) is 1.98. The number of nitrogens with one attached hydrogen (secondary N) is 2. The van der Waals surface area contributed by atoms with Gasteiger partial charge in [-0.2, -0.15) is 0 Å². The normalized spacial score (nSPS) is 10.2. The molecule has 0 aliphatic heterocycles. The van der Waals surface area contributed by atoms with Gasteiger partial charge in [-0.15, -0.1) is 0 Å². The summed E-state index contributed by atoms with van der Waals surface area (Å²) in [5.41, 5.74) is 3.04. The monoisotopic (exact) mass is 191 g/mol. The van der Waals surface area contributed by atoms with E-state index in [1.54, 1.807) is 6.33 Å². The van der Waals surface area contributed by atoms with E-state index in [0.29, 0.717) is 4.64 Å². The molecule has 0 aliphatic carbocycles. The van der Waals surface area contributed by atoms with Crippen molar-refractivity contribution in [3.8, 4) is 11.4 Å². The molecule has 13 heavy (non-hydrogen) atoms. The Labute approximate surface area is 80.9 Å². The quantitative estimate of drug-likeness (QED) is 0.680. The van der Waals surface area contributed by atoms with Gasteiger partial charge in [0.2, 0.25) is 0 Å². The zero-order valence-corrected chi connectivity index (χ0v) is 7.98. The maximum atomic E-state index is 5.07. The van der Waals surface area contributed by atoms with Gasteiger partial charge < -0.3 is 9.97 Å². The standard InChI is InChI=1S/C9H9N3S/c1-6-8(7-3-2-4-10-7)11-5-12-9(6)13/h2-5,10H,1H3,(H,11,12,13). The number of rotatable bonds is 1. The Morgan fingerprint density at radius 2 is 2.23 bits per heavy atom. The van der Waals surface area contributed by atoms with Crippen LogP contribution in [0.25, 0.3) is 11.4 Å². The molecule has 0 spiro atoms. The molecular formula is C9H9N3S. The van der Waals surface area contributed by atoms with Crippen LogP contribution in [-0.4, -0.2) is 15.0 Å². The molecule has 2 aromatic rings. The first-order valence-electron chi connectivity index (χ1n) is 3.97. The largest absolute Gasteiger partial charge is 0.360 e. The average molecular weight is 191 g/mol. The molecular weight excluding hydrogens is 182 g/mol. The molecule has 66 valence electrons. The summed E-state index contributed by atoms with van der Waals surface area (Å²) in [5.74, 6) is 0.